The highest BCUT2D eigenvalue weighted by Crippen LogP contribution is 2.32. The van der Waals surface area contributed by atoms with Gasteiger partial charge >= 0.3 is 10.4 Å². The monoisotopic (exact) mass is 306 g/mol. The number of hydrogen-bond donors (Lipinski definition) is 1. The van der Waals surface area contributed by atoms with Crippen LogP contribution in [0.2, 0.25) is 0 Å². The average Bonchev–Trinajstić information content (AvgIpc) is 2.45. The van der Waals surface area contributed by atoms with E-state index in [-0.39, 0.29) is 5.75 Å². The molecule has 112 valence electrons. The van der Waals surface area contributed by atoms with E-state index in [0.29, 0.717) is 6.42 Å². The van der Waals surface area contributed by atoms with Gasteiger partial charge in [-0.2, -0.15) is 8.42 Å². The molecule has 5 heteroatoms. The van der Waals surface area contributed by atoms with Crippen LogP contribution in [-0.4, -0.2) is 13.0 Å². The van der Waals surface area contributed by atoms with Gasteiger partial charge in [0.25, 0.3) is 0 Å². The molecule has 21 heavy (non-hydrogen) atoms. The molecule has 0 spiro atoms. The number of hydrogen-bond acceptors (Lipinski definition) is 3. The van der Waals surface area contributed by atoms with Crippen LogP contribution in [0.5, 0.6) is 5.75 Å². The van der Waals surface area contributed by atoms with E-state index in [4.69, 9.17) is 8.74 Å². The lowest BCUT2D eigenvalue weighted by atomic mass is 9.95. The second-order valence-electron chi connectivity index (χ2n) is 4.76. The molecule has 0 amide bonds. The summed E-state index contributed by atoms with van der Waals surface area (Å²) in [6.07, 6.45) is 2.58. The third-order valence-corrected chi connectivity index (χ3v) is 3.58. The van der Waals surface area contributed by atoms with Gasteiger partial charge in [-0.1, -0.05) is 55.8 Å². The lowest BCUT2D eigenvalue weighted by molar-refractivity contribution is 0.385. The van der Waals surface area contributed by atoms with Crippen molar-refractivity contribution in [1.29, 1.82) is 0 Å². The van der Waals surface area contributed by atoms with Gasteiger partial charge in [-0.05, 0) is 30.0 Å². The summed E-state index contributed by atoms with van der Waals surface area (Å²) in [6, 6.07) is 14.9. The fraction of sp³-hybridized carbons (Fsp3) is 0.250. The summed E-state index contributed by atoms with van der Waals surface area (Å²) >= 11 is 0. The summed E-state index contributed by atoms with van der Waals surface area (Å²) in [6.45, 7) is 2.06. The lowest BCUT2D eigenvalue weighted by Crippen LogP contribution is -2.09. The molecule has 0 aliphatic heterocycles. The van der Waals surface area contributed by atoms with Crippen molar-refractivity contribution in [2.75, 3.05) is 0 Å². The van der Waals surface area contributed by atoms with Crippen LogP contribution in [0.15, 0.2) is 48.5 Å². The Bertz CT molecular complexity index is 693. The van der Waals surface area contributed by atoms with E-state index in [0.717, 1.165) is 29.5 Å². The zero-order valence-electron chi connectivity index (χ0n) is 11.8. The molecule has 4 nitrogen and oxygen atoms in total. The predicted octanol–water partition coefficient (Wildman–Crippen LogP) is 3.88. The number of benzene rings is 2. The third kappa shape index (κ3) is 4.31. The zero-order valence-corrected chi connectivity index (χ0v) is 12.6. The quantitative estimate of drug-likeness (QED) is 0.823. The van der Waals surface area contributed by atoms with Gasteiger partial charge in [-0.25, -0.2) is 0 Å². The van der Waals surface area contributed by atoms with Gasteiger partial charge in [0, 0.05) is 5.56 Å². The van der Waals surface area contributed by atoms with E-state index in [9.17, 15) is 8.42 Å². The summed E-state index contributed by atoms with van der Waals surface area (Å²) in [7, 11) is -4.52. The van der Waals surface area contributed by atoms with Crippen molar-refractivity contribution in [3.8, 4) is 16.9 Å². The van der Waals surface area contributed by atoms with Crippen molar-refractivity contribution in [1.82, 2.24) is 0 Å². The van der Waals surface area contributed by atoms with Crippen molar-refractivity contribution in [3.05, 3.63) is 54.1 Å². The van der Waals surface area contributed by atoms with Crippen LogP contribution in [0.4, 0.5) is 0 Å². The average molecular weight is 306 g/mol. The third-order valence-electron chi connectivity index (χ3n) is 3.19. The lowest BCUT2D eigenvalue weighted by Gasteiger charge is -2.14. The molecule has 0 aliphatic carbocycles. The molecule has 0 bridgehead atoms. The Labute approximate surface area is 125 Å². The molecule has 0 aliphatic rings. The van der Waals surface area contributed by atoms with Gasteiger partial charge in [-0.15, -0.1) is 0 Å². The van der Waals surface area contributed by atoms with Crippen molar-refractivity contribution in [3.63, 3.8) is 0 Å². The SMILES string of the molecule is CCCCc1c(OS(=O)(=O)O)cccc1-c1ccccc1. The van der Waals surface area contributed by atoms with E-state index in [1.807, 2.05) is 36.4 Å². The standard InChI is InChI=1S/C16H18O4S/c1-2-3-10-15-14(13-8-5-4-6-9-13)11-7-12-16(15)20-21(17,18)19/h4-9,11-12H,2-3,10H2,1H3,(H,17,18,19). The first-order valence-electron chi connectivity index (χ1n) is 6.85. The normalized spacial score (nSPS) is 11.3. The van der Waals surface area contributed by atoms with Crippen molar-refractivity contribution in [2.24, 2.45) is 0 Å². The molecule has 1 N–H and O–H groups in total. The molecule has 0 saturated heterocycles. The zero-order chi connectivity index (χ0) is 15.3. The summed E-state index contributed by atoms with van der Waals surface area (Å²) in [4.78, 5) is 0. The Kier molecular flexibility index (Phi) is 4.98. The Morgan fingerprint density at radius 1 is 1.05 bits per heavy atom. The van der Waals surface area contributed by atoms with Gasteiger partial charge in [-0.3, -0.25) is 4.55 Å². The highest BCUT2D eigenvalue weighted by atomic mass is 32.3. The van der Waals surface area contributed by atoms with Crippen LogP contribution in [0.3, 0.4) is 0 Å². The maximum Gasteiger partial charge on any atom is 0.446 e. The first-order valence-corrected chi connectivity index (χ1v) is 8.22. The van der Waals surface area contributed by atoms with Gasteiger partial charge in [0.05, 0.1) is 0 Å². The highest BCUT2D eigenvalue weighted by molar-refractivity contribution is 7.81. The van der Waals surface area contributed by atoms with Gasteiger partial charge in [0.2, 0.25) is 0 Å². The number of unbranched alkanes of at least 4 members (excludes halogenated alkanes) is 1. The highest BCUT2D eigenvalue weighted by Gasteiger charge is 2.15. The molecule has 2 aromatic rings. The minimum Gasteiger partial charge on any atom is -0.361 e. The molecule has 2 rings (SSSR count). The van der Waals surface area contributed by atoms with Crippen LogP contribution < -0.4 is 4.18 Å². The Balaban J connectivity index is 2.51. The minimum atomic E-state index is -4.52. The maximum absolute atomic E-state index is 11.0. The topological polar surface area (TPSA) is 63.6 Å². The molecule has 0 aromatic heterocycles. The molecule has 0 radical (unpaired) electrons. The van der Waals surface area contributed by atoms with Crippen LogP contribution in [-0.2, 0) is 16.8 Å². The molecule has 0 atom stereocenters. The molecule has 0 heterocycles. The molecular weight excluding hydrogens is 288 g/mol. The molecule has 0 unspecified atom stereocenters. The van der Waals surface area contributed by atoms with Crippen molar-refractivity contribution in [2.45, 2.75) is 26.2 Å². The Morgan fingerprint density at radius 3 is 2.38 bits per heavy atom. The predicted molar refractivity (Wildman–Crippen MR) is 82.7 cm³/mol. The van der Waals surface area contributed by atoms with E-state index >= 15 is 0 Å². The summed E-state index contributed by atoms with van der Waals surface area (Å²) < 4.78 is 35.7. The number of rotatable bonds is 6. The van der Waals surface area contributed by atoms with Crippen LogP contribution >= 0.6 is 0 Å². The first-order chi connectivity index (χ1) is 10.0. The fourth-order valence-electron chi connectivity index (χ4n) is 2.26. The fourth-order valence-corrected chi connectivity index (χ4v) is 2.64. The van der Waals surface area contributed by atoms with E-state index in [1.54, 1.807) is 12.1 Å². The van der Waals surface area contributed by atoms with E-state index < -0.39 is 10.4 Å². The van der Waals surface area contributed by atoms with Crippen LogP contribution in [0.25, 0.3) is 11.1 Å². The van der Waals surface area contributed by atoms with Crippen molar-refractivity contribution >= 4 is 10.4 Å². The molecule has 0 fully saturated rings. The van der Waals surface area contributed by atoms with Crippen LogP contribution in [0, 0.1) is 0 Å². The first kappa shape index (κ1) is 15.5. The van der Waals surface area contributed by atoms with E-state index in [2.05, 4.69) is 6.92 Å². The van der Waals surface area contributed by atoms with Crippen LogP contribution in [0.1, 0.15) is 25.3 Å². The maximum atomic E-state index is 11.0. The summed E-state index contributed by atoms with van der Waals surface area (Å²) in [5.41, 5.74) is 2.71. The molecular formula is C16H18O4S. The van der Waals surface area contributed by atoms with Gasteiger partial charge in [0.15, 0.2) is 0 Å². The minimum absolute atomic E-state index is 0.187. The van der Waals surface area contributed by atoms with E-state index in [1.165, 1.54) is 0 Å². The van der Waals surface area contributed by atoms with Crippen molar-refractivity contribution < 1.29 is 17.2 Å². The Morgan fingerprint density at radius 2 is 1.76 bits per heavy atom. The second-order valence-corrected chi connectivity index (χ2v) is 5.79. The Hall–Kier alpha value is -1.85. The molecule has 0 saturated carbocycles. The second kappa shape index (κ2) is 6.74. The van der Waals surface area contributed by atoms with Gasteiger partial charge < -0.3 is 4.18 Å². The molecule has 2 aromatic carbocycles. The summed E-state index contributed by atoms with van der Waals surface area (Å²) in [5, 5.41) is 0. The van der Waals surface area contributed by atoms with Gasteiger partial charge in [0.1, 0.15) is 5.75 Å². The largest absolute Gasteiger partial charge is 0.446 e. The summed E-state index contributed by atoms with van der Waals surface area (Å²) in [5.74, 6) is 0.187. The smallest absolute Gasteiger partial charge is 0.361 e.